The molecule has 0 saturated carbocycles. The zero-order valence-corrected chi connectivity index (χ0v) is 7.80. The molecule has 6 heteroatoms. The van der Waals surface area contributed by atoms with Crippen molar-refractivity contribution in [1.82, 2.24) is 21.3 Å². The molecule has 6 nitrogen and oxygen atoms in total. The van der Waals surface area contributed by atoms with Gasteiger partial charge in [0.05, 0.1) is 25.4 Å². The van der Waals surface area contributed by atoms with E-state index in [1.165, 1.54) is 0 Å². The quantitative estimate of drug-likeness (QED) is 0.417. The summed E-state index contributed by atoms with van der Waals surface area (Å²) in [5.74, 6) is 0.0804. The van der Waals surface area contributed by atoms with E-state index >= 15 is 0 Å². The Kier molecular flexibility index (Phi) is 2.64. The van der Waals surface area contributed by atoms with Crippen LogP contribution in [-0.4, -0.2) is 37.2 Å². The Morgan fingerprint density at radius 3 is 1.64 bits per heavy atom. The van der Waals surface area contributed by atoms with Gasteiger partial charge in [0, 0.05) is 0 Å². The third kappa shape index (κ3) is 2.21. The molecule has 2 aliphatic heterocycles. The van der Waals surface area contributed by atoms with Crippen molar-refractivity contribution in [2.45, 2.75) is 25.2 Å². The van der Waals surface area contributed by atoms with E-state index < -0.39 is 0 Å². The molecule has 2 unspecified atom stereocenters. The van der Waals surface area contributed by atoms with Crippen LogP contribution in [0.2, 0.25) is 0 Å². The minimum atomic E-state index is 0.0402. The van der Waals surface area contributed by atoms with Gasteiger partial charge in [0.2, 0.25) is 11.8 Å². The normalized spacial score (nSPS) is 31.7. The highest BCUT2D eigenvalue weighted by molar-refractivity contribution is 5.80. The molecule has 0 aliphatic carbocycles. The third-order valence-electron chi connectivity index (χ3n) is 2.43. The molecule has 2 heterocycles. The van der Waals surface area contributed by atoms with Gasteiger partial charge in [-0.15, -0.1) is 0 Å². The summed E-state index contributed by atoms with van der Waals surface area (Å²) in [4.78, 5) is 21.7. The maximum Gasteiger partial charge on any atom is 0.235 e. The first kappa shape index (κ1) is 9.42. The summed E-state index contributed by atoms with van der Waals surface area (Å²) < 4.78 is 0. The number of carbonyl (C=O) groups is 2. The highest BCUT2D eigenvalue weighted by atomic mass is 16.2. The lowest BCUT2D eigenvalue weighted by molar-refractivity contribution is -0.119. The maximum atomic E-state index is 10.8. The van der Waals surface area contributed by atoms with Gasteiger partial charge in [-0.05, 0) is 12.8 Å². The molecule has 2 fully saturated rings. The van der Waals surface area contributed by atoms with Gasteiger partial charge >= 0.3 is 0 Å². The van der Waals surface area contributed by atoms with Crippen LogP contribution in [0.25, 0.3) is 0 Å². The van der Waals surface area contributed by atoms with Gasteiger partial charge in [-0.3, -0.25) is 20.2 Å². The van der Waals surface area contributed by atoms with Gasteiger partial charge < -0.3 is 10.6 Å². The lowest BCUT2D eigenvalue weighted by Gasteiger charge is -2.14. The van der Waals surface area contributed by atoms with E-state index in [4.69, 9.17) is 0 Å². The lowest BCUT2D eigenvalue weighted by Crippen LogP contribution is -2.37. The van der Waals surface area contributed by atoms with Crippen molar-refractivity contribution in [3.8, 4) is 0 Å². The Morgan fingerprint density at radius 1 is 0.929 bits per heavy atom. The van der Waals surface area contributed by atoms with Gasteiger partial charge in [-0.1, -0.05) is 0 Å². The summed E-state index contributed by atoms with van der Waals surface area (Å²) in [6.45, 7) is 0.796. The van der Waals surface area contributed by atoms with E-state index in [-0.39, 0.29) is 24.1 Å². The van der Waals surface area contributed by atoms with Gasteiger partial charge in [-0.25, -0.2) is 0 Å². The first-order valence-corrected chi connectivity index (χ1v) is 4.79. The molecule has 0 aromatic rings. The fourth-order valence-electron chi connectivity index (χ4n) is 1.71. The Labute approximate surface area is 81.8 Å². The molecular formula is C8H14N4O2. The fraction of sp³-hybridized carbons (Fsp3) is 0.750. The van der Waals surface area contributed by atoms with Crippen molar-refractivity contribution in [2.24, 2.45) is 0 Å². The van der Waals surface area contributed by atoms with Gasteiger partial charge in [0.25, 0.3) is 0 Å². The summed E-state index contributed by atoms with van der Waals surface area (Å²) >= 11 is 0. The number of amides is 2. The average molecular weight is 198 g/mol. The summed E-state index contributed by atoms with van der Waals surface area (Å²) in [5.41, 5.74) is 0. The molecule has 2 amide bonds. The zero-order chi connectivity index (χ0) is 9.97. The van der Waals surface area contributed by atoms with Crippen LogP contribution < -0.4 is 21.3 Å². The molecule has 0 radical (unpaired) electrons. The van der Waals surface area contributed by atoms with Crippen LogP contribution in [0, 0.1) is 0 Å². The van der Waals surface area contributed by atoms with Crippen molar-refractivity contribution in [3.63, 3.8) is 0 Å². The highest BCUT2D eigenvalue weighted by Crippen LogP contribution is 2.03. The number of hydrogen-bond donors (Lipinski definition) is 4. The molecule has 14 heavy (non-hydrogen) atoms. The predicted molar refractivity (Wildman–Crippen MR) is 49.1 cm³/mol. The molecule has 0 aromatic carbocycles. The molecule has 0 aromatic heterocycles. The second kappa shape index (κ2) is 3.93. The Balaban J connectivity index is 1.67. The van der Waals surface area contributed by atoms with Crippen molar-refractivity contribution >= 4 is 11.8 Å². The van der Waals surface area contributed by atoms with E-state index in [1.54, 1.807) is 0 Å². The van der Waals surface area contributed by atoms with Crippen LogP contribution in [0.1, 0.15) is 12.8 Å². The van der Waals surface area contributed by atoms with Crippen LogP contribution in [0.15, 0.2) is 0 Å². The van der Waals surface area contributed by atoms with Crippen LogP contribution in [0.5, 0.6) is 0 Å². The topological polar surface area (TPSA) is 82.3 Å². The minimum Gasteiger partial charge on any atom is -0.340 e. The van der Waals surface area contributed by atoms with Crippen LogP contribution in [0.4, 0.5) is 0 Å². The molecule has 78 valence electrons. The Bertz CT molecular complexity index is 230. The Morgan fingerprint density at radius 2 is 1.36 bits per heavy atom. The second-order valence-electron chi connectivity index (χ2n) is 3.58. The van der Waals surface area contributed by atoms with Crippen molar-refractivity contribution in [1.29, 1.82) is 0 Å². The number of nitrogens with one attached hydrogen (secondary N) is 4. The predicted octanol–water partition coefficient (Wildman–Crippen LogP) is -2.14. The summed E-state index contributed by atoms with van der Waals surface area (Å²) in [6.07, 6.45) is 1.76. The molecule has 2 rings (SSSR count). The SMILES string of the molecule is O=C1CNC(CCC2NCC(=O)N2)N1. The van der Waals surface area contributed by atoms with Crippen molar-refractivity contribution in [2.75, 3.05) is 13.1 Å². The molecular weight excluding hydrogens is 184 g/mol. The standard InChI is InChI=1S/C8H14N4O2/c13-7-3-9-5(11-7)1-2-6-10-4-8(14)12-6/h5-6,9-10H,1-4H2,(H,11,13)(H,12,14). The first-order chi connectivity index (χ1) is 6.74. The lowest BCUT2D eigenvalue weighted by atomic mass is 10.2. The first-order valence-electron chi connectivity index (χ1n) is 4.79. The van der Waals surface area contributed by atoms with Crippen molar-refractivity contribution in [3.05, 3.63) is 0 Å². The third-order valence-corrected chi connectivity index (χ3v) is 2.43. The second-order valence-corrected chi connectivity index (χ2v) is 3.58. The number of rotatable bonds is 3. The van der Waals surface area contributed by atoms with E-state index in [0.717, 1.165) is 12.8 Å². The van der Waals surface area contributed by atoms with Crippen LogP contribution in [-0.2, 0) is 9.59 Å². The molecule has 2 atom stereocenters. The maximum absolute atomic E-state index is 10.8. The molecule has 0 bridgehead atoms. The monoisotopic (exact) mass is 198 g/mol. The van der Waals surface area contributed by atoms with Gasteiger partial charge in [0.1, 0.15) is 0 Å². The van der Waals surface area contributed by atoms with Crippen LogP contribution >= 0.6 is 0 Å². The zero-order valence-electron chi connectivity index (χ0n) is 7.80. The minimum absolute atomic E-state index is 0.0402. The summed E-state index contributed by atoms with van der Waals surface area (Å²) in [7, 11) is 0. The fourth-order valence-corrected chi connectivity index (χ4v) is 1.71. The molecule has 2 saturated heterocycles. The van der Waals surface area contributed by atoms with E-state index in [1.807, 2.05) is 0 Å². The molecule has 2 aliphatic rings. The summed E-state index contributed by atoms with van der Waals surface area (Å²) in [5, 5.41) is 11.7. The molecule has 0 spiro atoms. The highest BCUT2D eigenvalue weighted by Gasteiger charge is 2.23. The number of carbonyl (C=O) groups excluding carboxylic acids is 2. The van der Waals surface area contributed by atoms with E-state index in [9.17, 15) is 9.59 Å². The van der Waals surface area contributed by atoms with E-state index in [2.05, 4.69) is 21.3 Å². The van der Waals surface area contributed by atoms with Gasteiger partial charge in [-0.2, -0.15) is 0 Å². The van der Waals surface area contributed by atoms with Crippen LogP contribution in [0.3, 0.4) is 0 Å². The average Bonchev–Trinajstić information content (AvgIpc) is 2.72. The van der Waals surface area contributed by atoms with Gasteiger partial charge in [0.15, 0.2) is 0 Å². The Hall–Kier alpha value is -1.14. The molecule has 4 N–H and O–H groups in total. The number of hydrogen-bond acceptors (Lipinski definition) is 4. The van der Waals surface area contributed by atoms with E-state index in [0.29, 0.717) is 13.1 Å². The largest absolute Gasteiger partial charge is 0.340 e. The smallest absolute Gasteiger partial charge is 0.235 e. The summed E-state index contributed by atoms with van der Waals surface area (Å²) in [6, 6.07) is 0. The van der Waals surface area contributed by atoms with Crippen molar-refractivity contribution < 1.29 is 9.59 Å².